The highest BCUT2D eigenvalue weighted by atomic mass is 15.2. The van der Waals surface area contributed by atoms with Crippen LogP contribution < -0.4 is 29.4 Å². The van der Waals surface area contributed by atoms with Crippen LogP contribution in [-0.4, -0.2) is 0 Å². The fourth-order valence-corrected chi connectivity index (χ4v) is 13.3. The minimum atomic E-state index is 1.08. The maximum absolute atomic E-state index is 2.33. The van der Waals surface area contributed by atoms with Crippen LogP contribution in [-0.2, 0) is 0 Å². The molecule has 0 spiro atoms. The van der Waals surface area contributed by atoms with Crippen molar-refractivity contribution in [3.63, 3.8) is 0 Å². The molecule has 0 aliphatic heterocycles. The molecule has 0 fully saturated rings. The molecule has 15 aromatic rings. The van der Waals surface area contributed by atoms with E-state index in [0.717, 1.165) is 113 Å². The molecule has 6 nitrogen and oxygen atoms in total. The minimum absolute atomic E-state index is 1.08. The van der Waals surface area contributed by atoms with Gasteiger partial charge in [0.15, 0.2) is 0 Å². The van der Waals surface area contributed by atoms with Crippen molar-refractivity contribution in [2.45, 2.75) is 34.6 Å². The van der Waals surface area contributed by atoms with Crippen molar-refractivity contribution in [1.29, 1.82) is 0 Å². The summed E-state index contributed by atoms with van der Waals surface area (Å²) >= 11 is 0. The van der Waals surface area contributed by atoms with E-state index in [4.69, 9.17) is 0 Å². The Hall–Kier alpha value is -12.9. The average molecular weight is 1310 g/mol. The molecule has 0 N–H and O–H groups in total. The SMILES string of the molecule is Cc1cccc(N(c2ccc(N(c3ccccc3)c3ccc(-c4ccc(N(c5ccccc5)c5ccc(N(c6cccc(C)c6)c6cccc(C)c6)cc5)cc4)cc3)cc2)c2cccc(C)c2)c1.Cc1cccc(N(c2ccccc2)c2ccccc2N(c2ccccc2)c2ccccc2)c1. The molecule has 6 heteroatoms. The largest absolute Gasteiger partial charge is 0.311 e. The Morgan fingerprint density at radius 1 is 0.129 bits per heavy atom. The van der Waals surface area contributed by atoms with Gasteiger partial charge in [-0.15, -0.1) is 0 Å². The molecular weight excluding hydrogens is 1230 g/mol. The molecule has 0 atom stereocenters. The van der Waals surface area contributed by atoms with Crippen molar-refractivity contribution >= 4 is 102 Å². The Bertz CT molecular complexity index is 4810. The van der Waals surface area contributed by atoms with Crippen molar-refractivity contribution in [2.75, 3.05) is 29.4 Å². The molecule has 0 saturated carbocycles. The second kappa shape index (κ2) is 30.7. The number of nitrogens with zero attached hydrogens (tertiary/aromatic N) is 6. The fraction of sp³-hybridized carbons (Fsp3) is 0.0526. The van der Waals surface area contributed by atoms with Gasteiger partial charge in [-0.3, -0.25) is 0 Å². The van der Waals surface area contributed by atoms with Gasteiger partial charge in [-0.2, -0.15) is 0 Å². The molecule has 0 aromatic heterocycles. The molecule has 15 rings (SSSR count). The summed E-state index contributed by atoms with van der Waals surface area (Å²) in [7, 11) is 0. The van der Waals surface area contributed by atoms with Crippen LogP contribution in [0.15, 0.2) is 394 Å². The van der Waals surface area contributed by atoms with Crippen LogP contribution in [0.4, 0.5) is 102 Å². The Kier molecular flexibility index (Phi) is 19.9. The molecule has 0 bridgehead atoms. The highest BCUT2D eigenvalue weighted by Gasteiger charge is 2.23. The predicted octanol–water partition coefficient (Wildman–Crippen LogP) is 27.4. The standard InChI is InChI=1S/C64H54N4.C31H26N2/c1-47-15-11-23-61(43-47)67(62-24-12-16-48(2)44-62)59-39-35-57(36-40-59)65(53-19-7-5-8-20-53)55-31-27-51(28-32-55)52-29-33-56(34-30-52)66(54-21-9-6-10-22-54)58-37-41-60(42-38-58)68(63-25-13-17-49(3)45-63)64-26-14-18-50(4)46-64;1-25-14-13-21-29(24-25)33(28-19-9-4-10-20-28)31-23-12-11-22-30(31)32(26-15-5-2-6-16-26)27-17-7-3-8-18-27/h5-46H,1-4H3;2-24H,1H3. The smallest absolute Gasteiger partial charge is 0.0702 e. The maximum Gasteiger partial charge on any atom is 0.0702 e. The predicted molar refractivity (Wildman–Crippen MR) is 430 cm³/mol. The zero-order chi connectivity index (χ0) is 68.9. The summed E-state index contributed by atoms with van der Waals surface area (Å²) in [6.45, 7) is 10.7. The fourth-order valence-electron chi connectivity index (χ4n) is 13.3. The van der Waals surface area contributed by atoms with Gasteiger partial charge in [0, 0.05) is 91.0 Å². The highest BCUT2D eigenvalue weighted by Crippen LogP contribution is 2.47. The van der Waals surface area contributed by atoms with Crippen LogP contribution in [0.25, 0.3) is 11.1 Å². The Balaban J connectivity index is 0.000000219. The van der Waals surface area contributed by atoms with Gasteiger partial charge in [0.25, 0.3) is 0 Å². The number of hydrogen-bond acceptors (Lipinski definition) is 6. The number of aryl methyl sites for hydroxylation is 5. The average Bonchev–Trinajstić information content (AvgIpc) is 0.776. The molecule has 0 amide bonds. The van der Waals surface area contributed by atoms with E-state index in [0.29, 0.717) is 0 Å². The van der Waals surface area contributed by atoms with Crippen molar-refractivity contribution < 1.29 is 0 Å². The summed E-state index contributed by atoms with van der Waals surface area (Å²) in [5, 5.41) is 0. The lowest BCUT2D eigenvalue weighted by molar-refractivity contribution is 1.22. The number of benzene rings is 15. The number of para-hydroxylation sites is 7. The zero-order valence-electron chi connectivity index (χ0n) is 57.7. The van der Waals surface area contributed by atoms with Gasteiger partial charge in [-0.05, 0) is 280 Å². The topological polar surface area (TPSA) is 19.4 Å². The Labute approximate surface area is 596 Å². The van der Waals surface area contributed by atoms with Crippen LogP contribution in [0.5, 0.6) is 0 Å². The van der Waals surface area contributed by atoms with Crippen molar-refractivity contribution in [3.05, 3.63) is 422 Å². The first-order valence-electron chi connectivity index (χ1n) is 34.5. The highest BCUT2D eigenvalue weighted by molar-refractivity contribution is 5.92. The van der Waals surface area contributed by atoms with E-state index >= 15 is 0 Å². The molecule has 490 valence electrons. The Morgan fingerprint density at radius 3 is 0.515 bits per heavy atom. The van der Waals surface area contributed by atoms with Crippen LogP contribution in [0.2, 0.25) is 0 Å². The summed E-state index contributed by atoms with van der Waals surface area (Å²) in [5.74, 6) is 0. The first kappa shape index (κ1) is 65.4. The van der Waals surface area contributed by atoms with Crippen molar-refractivity contribution in [3.8, 4) is 11.1 Å². The molecule has 0 aliphatic carbocycles. The van der Waals surface area contributed by atoms with E-state index in [-0.39, 0.29) is 0 Å². The van der Waals surface area contributed by atoms with E-state index in [1.807, 2.05) is 0 Å². The van der Waals surface area contributed by atoms with Crippen LogP contribution >= 0.6 is 0 Å². The third kappa shape index (κ3) is 15.1. The summed E-state index contributed by atoms with van der Waals surface area (Å²) < 4.78 is 0. The molecule has 101 heavy (non-hydrogen) atoms. The van der Waals surface area contributed by atoms with Crippen LogP contribution in [0, 0.1) is 34.6 Å². The van der Waals surface area contributed by atoms with Crippen LogP contribution in [0.1, 0.15) is 27.8 Å². The van der Waals surface area contributed by atoms with Crippen molar-refractivity contribution in [2.24, 2.45) is 0 Å². The molecule has 0 saturated heterocycles. The maximum atomic E-state index is 2.33. The molecule has 0 unspecified atom stereocenters. The normalized spacial score (nSPS) is 10.8. The van der Waals surface area contributed by atoms with E-state index in [1.54, 1.807) is 0 Å². The molecule has 0 radical (unpaired) electrons. The first-order chi connectivity index (χ1) is 49.6. The van der Waals surface area contributed by atoms with Gasteiger partial charge in [-0.25, -0.2) is 0 Å². The second-order valence-electron chi connectivity index (χ2n) is 25.5. The number of rotatable bonds is 19. The van der Waals surface area contributed by atoms with Gasteiger partial charge >= 0.3 is 0 Å². The first-order valence-corrected chi connectivity index (χ1v) is 34.5. The van der Waals surface area contributed by atoms with E-state index in [2.05, 4.69) is 458 Å². The molecule has 0 heterocycles. The van der Waals surface area contributed by atoms with E-state index in [1.165, 1.54) is 27.8 Å². The van der Waals surface area contributed by atoms with Gasteiger partial charge in [-0.1, -0.05) is 188 Å². The Morgan fingerprint density at radius 2 is 0.287 bits per heavy atom. The van der Waals surface area contributed by atoms with Gasteiger partial charge in [0.05, 0.1) is 11.4 Å². The lowest BCUT2D eigenvalue weighted by Gasteiger charge is -2.33. The summed E-state index contributed by atoms with van der Waals surface area (Å²) in [4.78, 5) is 14.0. The second-order valence-corrected chi connectivity index (χ2v) is 25.5. The third-order valence-electron chi connectivity index (χ3n) is 18.1. The van der Waals surface area contributed by atoms with Crippen LogP contribution in [0.3, 0.4) is 0 Å². The third-order valence-corrected chi connectivity index (χ3v) is 18.1. The molecule has 15 aromatic carbocycles. The quantitative estimate of drug-likeness (QED) is 0.0798. The monoisotopic (exact) mass is 1300 g/mol. The van der Waals surface area contributed by atoms with Crippen molar-refractivity contribution in [1.82, 2.24) is 0 Å². The van der Waals surface area contributed by atoms with Gasteiger partial charge < -0.3 is 29.4 Å². The van der Waals surface area contributed by atoms with E-state index in [9.17, 15) is 0 Å². The molecular formula is C95H80N6. The lowest BCUT2D eigenvalue weighted by Crippen LogP contribution is -2.16. The van der Waals surface area contributed by atoms with Gasteiger partial charge in [0.2, 0.25) is 0 Å². The summed E-state index contributed by atoms with van der Waals surface area (Å²) in [5.41, 5.74) is 28.4. The minimum Gasteiger partial charge on any atom is -0.311 e. The summed E-state index contributed by atoms with van der Waals surface area (Å²) in [6, 6.07) is 141. The number of hydrogen-bond donors (Lipinski definition) is 0. The lowest BCUT2D eigenvalue weighted by atomic mass is 10.0. The van der Waals surface area contributed by atoms with Gasteiger partial charge in [0.1, 0.15) is 0 Å². The number of anilines is 18. The summed E-state index contributed by atoms with van der Waals surface area (Å²) in [6.07, 6.45) is 0. The van der Waals surface area contributed by atoms with E-state index < -0.39 is 0 Å². The zero-order valence-corrected chi connectivity index (χ0v) is 57.7. The molecule has 0 aliphatic rings.